The number of nitrogens with one attached hydrogen (secondary N) is 1. The summed E-state index contributed by atoms with van der Waals surface area (Å²) in [5.41, 5.74) is 0. The quantitative estimate of drug-likeness (QED) is 0.694. The average molecular weight is 163 g/mol. The number of aromatic nitrogens is 3. The van der Waals surface area contributed by atoms with Crippen LogP contribution in [0.15, 0.2) is 12.7 Å². The van der Waals surface area contributed by atoms with Crippen molar-refractivity contribution in [3.8, 4) is 0 Å². The summed E-state index contributed by atoms with van der Waals surface area (Å²) in [6, 6.07) is 0. The zero-order chi connectivity index (χ0) is 6.53. The fourth-order valence-corrected chi connectivity index (χ4v) is 0.541. The molecule has 0 spiro atoms. The van der Waals surface area contributed by atoms with E-state index in [0.29, 0.717) is 0 Å². The van der Waals surface area contributed by atoms with Crippen molar-refractivity contribution in [1.82, 2.24) is 20.1 Å². The Morgan fingerprint density at radius 3 is 2.90 bits per heavy atom. The van der Waals surface area contributed by atoms with Gasteiger partial charge in [0, 0.05) is 0 Å². The molecule has 0 atom stereocenters. The molecule has 0 saturated carbocycles. The van der Waals surface area contributed by atoms with E-state index in [4.69, 9.17) is 0 Å². The van der Waals surface area contributed by atoms with Crippen LogP contribution >= 0.6 is 12.4 Å². The van der Waals surface area contributed by atoms with Gasteiger partial charge in [0.25, 0.3) is 0 Å². The lowest BCUT2D eigenvalue weighted by Gasteiger charge is -1.97. The molecule has 0 radical (unpaired) electrons. The molecule has 0 amide bonds. The van der Waals surface area contributed by atoms with Crippen LogP contribution < -0.4 is 5.32 Å². The molecule has 10 heavy (non-hydrogen) atoms. The topological polar surface area (TPSA) is 42.7 Å². The van der Waals surface area contributed by atoms with Gasteiger partial charge in [0.2, 0.25) is 0 Å². The number of rotatable bonds is 3. The Hall–Kier alpha value is -0.610. The monoisotopic (exact) mass is 162 g/mol. The lowest BCUT2D eigenvalue weighted by molar-refractivity contribution is 0.525. The van der Waals surface area contributed by atoms with Gasteiger partial charge < -0.3 is 0 Å². The molecule has 1 rings (SSSR count). The maximum atomic E-state index is 3.90. The van der Waals surface area contributed by atoms with E-state index in [1.165, 1.54) is 6.33 Å². The molecule has 1 N–H and O–H groups in total. The van der Waals surface area contributed by atoms with Crippen LogP contribution in [0.25, 0.3) is 0 Å². The van der Waals surface area contributed by atoms with E-state index in [1.807, 2.05) is 0 Å². The van der Waals surface area contributed by atoms with Gasteiger partial charge in [0.1, 0.15) is 12.7 Å². The van der Waals surface area contributed by atoms with Crippen LogP contribution in [0.5, 0.6) is 0 Å². The Morgan fingerprint density at radius 1 is 1.60 bits per heavy atom. The molecule has 0 bridgehead atoms. The minimum absolute atomic E-state index is 0. The zero-order valence-electron chi connectivity index (χ0n) is 5.82. The van der Waals surface area contributed by atoms with Crippen LogP contribution in [-0.4, -0.2) is 21.3 Å². The molecule has 1 heterocycles. The second kappa shape index (κ2) is 5.20. The van der Waals surface area contributed by atoms with Crippen molar-refractivity contribution in [3.05, 3.63) is 12.7 Å². The number of halogens is 1. The van der Waals surface area contributed by atoms with Crippen molar-refractivity contribution in [1.29, 1.82) is 0 Å². The van der Waals surface area contributed by atoms with Gasteiger partial charge in [-0.2, -0.15) is 5.10 Å². The Labute approximate surface area is 66.1 Å². The van der Waals surface area contributed by atoms with Crippen molar-refractivity contribution >= 4 is 12.4 Å². The average Bonchev–Trinajstić information content (AvgIpc) is 2.34. The second-order valence-corrected chi connectivity index (χ2v) is 1.70. The molecule has 4 nitrogen and oxygen atoms in total. The van der Waals surface area contributed by atoms with E-state index in [0.717, 1.165) is 13.2 Å². The molecule has 1 aromatic rings. The van der Waals surface area contributed by atoms with Gasteiger partial charge in [-0.25, -0.2) is 9.67 Å². The molecule has 5 heteroatoms. The molecule has 0 aliphatic rings. The molecule has 0 aromatic carbocycles. The number of hydrogen-bond acceptors (Lipinski definition) is 3. The maximum absolute atomic E-state index is 3.90. The van der Waals surface area contributed by atoms with Gasteiger partial charge in [0.15, 0.2) is 0 Å². The van der Waals surface area contributed by atoms with E-state index in [1.54, 1.807) is 11.0 Å². The predicted octanol–water partition coefficient (Wildman–Crippen LogP) is 0.267. The highest BCUT2D eigenvalue weighted by molar-refractivity contribution is 5.85. The van der Waals surface area contributed by atoms with Crippen molar-refractivity contribution in [3.63, 3.8) is 0 Å². The summed E-state index contributed by atoms with van der Waals surface area (Å²) in [5.74, 6) is 0. The highest BCUT2D eigenvalue weighted by Gasteiger charge is 1.84. The van der Waals surface area contributed by atoms with Gasteiger partial charge in [-0.15, -0.1) is 12.4 Å². The van der Waals surface area contributed by atoms with E-state index >= 15 is 0 Å². The summed E-state index contributed by atoms with van der Waals surface area (Å²) < 4.78 is 1.74. The minimum atomic E-state index is 0. The summed E-state index contributed by atoms with van der Waals surface area (Å²) >= 11 is 0. The van der Waals surface area contributed by atoms with Crippen LogP contribution in [0, 0.1) is 0 Å². The minimum Gasteiger partial charge on any atom is -0.298 e. The van der Waals surface area contributed by atoms with Crippen LogP contribution in [0.2, 0.25) is 0 Å². The standard InChI is InChI=1S/C5H10N4.ClH/c1-2-6-4-9-5-7-3-8-9;/h3,5-6H,2,4H2,1H3;1H. The normalized spacial score (nSPS) is 8.90. The van der Waals surface area contributed by atoms with E-state index < -0.39 is 0 Å². The molecule has 58 valence electrons. The molecular formula is C5H11ClN4. The summed E-state index contributed by atoms with van der Waals surface area (Å²) in [6.45, 7) is 3.76. The second-order valence-electron chi connectivity index (χ2n) is 1.70. The molecule has 1 aromatic heterocycles. The number of hydrogen-bond donors (Lipinski definition) is 1. The third-order valence-electron chi connectivity index (χ3n) is 0.990. The summed E-state index contributed by atoms with van der Waals surface area (Å²) in [4.78, 5) is 3.79. The first kappa shape index (κ1) is 9.39. The van der Waals surface area contributed by atoms with Gasteiger partial charge >= 0.3 is 0 Å². The molecule has 0 unspecified atom stereocenters. The Balaban J connectivity index is 0.000000810. The van der Waals surface area contributed by atoms with E-state index in [2.05, 4.69) is 22.3 Å². The van der Waals surface area contributed by atoms with Crippen molar-refractivity contribution in [2.45, 2.75) is 13.6 Å². The first-order valence-electron chi connectivity index (χ1n) is 2.96. The molecule has 0 saturated heterocycles. The van der Waals surface area contributed by atoms with E-state index in [9.17, 15) is 0 Å². The van der Waals surface area contributed by atoms with Crippen molar-refractivity contribution in [2.75, 3.05) is 6.54 Å². The van der Waals surface area contributed by atoms with Crippen LogP contribution in [-0.2, 0) is 6.67 Å². The first-order chi connectivity index (χ1) is 4.43. The predicted molar refractivity (Wildman–Crippen MR) is 40.9 cm³/mol. The third-order valence-corrected chi connectivity index (χ3v) is 0.990. The van der Waals surface area contributed by atoms with Gasteiger partial charge in [-0.3, -0.25) is 5.32 Å². The van der Waals surface area contributed by atoms with Gasteiger partial charge in [0.05, 0.1) is 6.67 Å². The smallest absolute Gasteiger partial charge is 0.137 e. The molecule has 0 aliphatic heterocycles. The fourth-order valence-electron chi connectivity index (χ4n) is 0.541. The molecule has 0 fully saturated rings. The lowest BCUT2D eigenvalue weighted by Crippen LogP contribution is -2.17. The third kappa shape index (κ3) is 2.80. The largest absolute Gasteiger partial charge is 0.298 e. The van der Waals surface area contributed by atoms with Crippen LogP contribution in [0.1, 0.15) is 6.92 Å². The molecular weight excluding hydrogens is 152 g/mol. The number of nitrogens with zero attached hydrogens (tertiary/aromatic N) is 3. The highest BCUT2D eigenvalue weighted by Crippen LogP contribution is 1.73. The zero-order valence-corrected chi connectivity index (χ0v) is 6.64. The summed E-state index contributed by atoms with van der Waals surface area (Å²) in [6.07, 6.45) is 3.21. The summed E-state index contributed by atoms with van der Waals surface area (Å²) in [5, 5.41) is 7.01. The lowest BCUT2D eigenvalue weighted by atomic mass is 10.7. The van der Waals surface area contributed by atoms with Crippen LogP contribution in [0.3, 0.4) is 0 Å². The summed E-state index contributed by atoms with van der Waals surface area (Å²) in [7, 11) is 0. The highest BCUT2D eigenvalue weighted by atomic mass is 35.5. The maximum Gasteiger partial charge on any atom is 0.137 e. The molecule has 0 aliphatic carbocycles. The van der Waals surface area contributed by atoms with Crippen LogP contribution in [0.4, 0.5) is 0 Å². The SMILES string of the molecule is CCNCn1cncn1.Cl. The first-order valence-corrected chi connectivity index (χ1v) is 2.96. The Morgan fingerprint density at radius 2 is 2.40 bits per heavy atom. The van der Waals surface area contributed by atoms with E-state index in [-0.39, 0.29) is 12.4 Å². The Bertz CT molecular complexity index is 151. The fraction of sp³-hybridized carbons (Fsp3) is 0.600. The van der Waals surface area contributed by atoms with Crippen molar-refractivity contribution in [2.24, 2.45) is 0 Å². The van der Waals surface area contributed by atoms with Gasteiger partial charge in [-0.05, 0) is 6.54 Å². The van der Waals surface area contributed by atoms with Crippen molar-refractivity contribution < 1.29 is 0 Å². The Kier molecular flexibility index (Phi) is 4.88. The van der Waals surface area contributed by atoms with Gasteiger partial charge in [-0.1, -0.05) is 6.92 Å².